The van der Waals surface area contributed by atoms with E-state index in [2.05, 4.69) is 6.92 Å². The van der Waals surface area contributed by atoms with Crippen LogP contribution in [0.15, 0.2) is 0 Å². The van der Waals surface area contributed by atoms with E-state index in [1.807, 2.05) is 6.92 Å². The van der Waals surface area contributed by atoms with Crippen molar-refractivity contribution in [2.75, 3.05) is 0 Å². The summed E-state index contributed by atoms with van der Waals surface area (Å²) in [6.07, 6.45) is 7.15. The molecule has 13 heavy (non-hydrogen) atoms. The van der Waals surface area contributed by atoms with Crippen molar-refractivity contribution in [1.29, 1.82) is 0 Å². The van der Waals surface area contributed by atoms with Gasteiger partial charge in [0.15, 0.2) is 0 Å². The topological polar surface area (TPSA) is 37.3 Å². The molecule has 0 bridgehead atoms. The largest absolute Gasteiger partial charge is 0.481 e. The van der Waals surface area contributed by atoms with Crippen molar-refractivity contribution in [2.45, 2.75) is 51.9 Å². The summed E-state index contributed by atoms with van der Waals surface area (Å²) in [6, 6.07) is 0. The third-order valence-corrected chi connectivity index (χ3v) is 2.39. The number of rotatable bonds is 8. The third kappa shape index (κ3) is 6.62. The molecule has 0 aromatic heterocycles. The van der Waals surface area contributed by atoms with Crippen LogP contribution in [0.1, 0.15) is 51.9 Å². The van der Waals surface area contributed by atoms with Gasteiger partial charge in [-0.15, -0.1) is 0 Å². The molecular formula is C11H21O2. The van der Waals surface area contributed by atoms with Crippen molar-refractivity contribution in [3.63, 3.8) is 0 Å². The summed E-state index contributed by atoms with van der Waals surface area (Å²) in [6.45, 7) is 5.71. The SMILES string of the molecule is [CH2]CCCCCCC(CC)C(=O)O. The van der Waals surface area contributed by atoms with E-state index in [1.54, 1.807) is 0 Å². The molecule has 1 radical (unpaired) electrons. The Labute approximate surface area is 81.3 Å². The van der Waals surface area contributed by atoms with Crippen LogP contribution in [0, 0.1) is 12.8 Å². The second kappa shape index (κ2) is 8.09. The summed E-state index contributed by atoms with van der Waals surface area (Å²) >= 11 is 0. The minimum Gasteiger partial charge on any atom is -0.481 e. The van der Waals surface area contributed by atoms with Crippen LogP contribution >= 0.6 is 0 Å². The van der Waals surface area contributed by atoms with Crippen LogP contribution in [-0.4, -0.2) is 11.1 Å². The zero-order chi connectivity index (χ0) is 10.1. The molecule has 2 heteroatoms. The molecule has 0 aromatic rings. The highest BCUT2D eigenvalue weighted by Crippen LogP contribution is 2.14. The van der Waals surface area contributed by atoms with Crippen LogP contribution in [0.5, 0.6) is 0 Å². The van der Waals surface area contributed by atoms with Crippen molar-refractivity contribution in [3.05, 3.63) is 6.92 Å². The molecule has 1 atom stereocenters. The second-order valence-corrected chi connectivity index (χ2v) is 3.50. The molecule has 0 aliphatic rings. The van der Waals surface area contributed by atoms with Gasteiger partial charge in [-0.1, -0.05) is 46.0 Å². The lowest BCUT2D eigenvalue weighted by Gasteiger charge is -2.08. The van der Waals surface area contributed by atoms with Gasteiger partial charge < -0.3 is 5.11 Å². The molecule has 77 valence electrons. The van der Waals surface area contributed by atoms with E-state index in [9.17, 15) is 4.79 Å². The predicted octanol–water partition coefficient (Wildman–Crippen LogP) is 3.27. The number of unbranched alkanes of at least 4 members (excludes halogenated alkanes) is 4. The van der Waals surface area contributed by atoms with E-state index in [1.165, 1.54) is 12.8 Å². The summed E-state index contributed by atoms with van der Waals surface area (Å²) in [5, 5.41) is 8.77. The van der Waals surface area contributed by atoms with E-state index in [4.69, 9.17) is 5.11 Å². The second-order valence-electron chi connectivity index (χ2n) is 3.50. The molecule has 0 fully saturated rings. The van der Waals surface area contributed by atoms with Crippen LogP contribution in [0.3, 0.4) is 0 Å². The Morgan fingerprint density at radius 1 is 1.31 bits per heavy atom. The van der Waals surface area contributed by atoms with Crippen LogP contribution in [0.4, 0.5) is 0 Å². The Hall–Kier alpha value is -0.530. The van der Waals surface area contributed by atoms with Crippen molar-refractivity contribution >= 4 is 5.97 Å². The lowest BCUT2D eigenvalue weighted by molar-refractivity contribution is -0.142. The number of hydrogen-bond donors (Lipinski definition) is 1. The van der Waals surface area contributed by atoms with Crippen molar-refractivity contribution in [3.8, 4) is 0 Å². The van der Waals surface area contributed by atoms with Crippen LogP contribution in [-0.2, 0) is 4.79 Å². The van der Waals surface area contributed by atoms with Gasteiger partial charge in [-0.05, 0) is 12.8 Å². The maximum Gasteiger partial charge on any atom is 0.306 e. The molecule has 1 N–H and O–H groups in total. The Balaban J connectivity index is 3.33. The maximum absolute atomic E-state index is 10.6. The van der Waals surface area contributed by atoms with Crippen molar-refractivity contribution in [2.24, 2.45) is 5.92 Å². The fourth-order valence-corrected chi connectivity index (χ4v) is 1.42. The summed E-state index contributed by atoms with van der Waals surface area (Å²) in [5.74, 6) is -0.764. The smallest absolute Gasteiger partial charge is 0.306 e. The summed E-state index contributed by atoms with van der Waals surface area (Å²) in [7, 11) is 0. The Morgan fingerprint density at radius 3 is 2.38 bits per heavy atom. The first kappa shape index (κ1) is 12.5. The van der Waals surface area contributed by atoms with Crippen molar-refractivity contribution < 1.29 is 9.90 Å². The fraction of sp³-hybridized carbons (Fsp3) is 0.818. The zero-order valence-electron chi connectivity index (χ0n) is 8.59. The number of carboxylic acid groups (broad SMARTS) is 1. The number of carbonyl (C=O) groups is 1. The van der Waals surface area contributed by atoms with Gasteiger partial charge in [0.25, 0.3) is 0 Å². The first-order valence-electron chi connectivity index (χ1n) is 5.24. The highest BCUT2D eigenvalue weighted by atomic mass is 16.4. The van der Waals surface area contributed by atoms with Crippen molar-refractivity contribution in [1.82, 2.24) is 0 Å². The van der Waals surface area contributed by atoms with Gasteiger partial charge in [0.2, 0.25) is 0 Å². The highest BCUT2D eigenvalue weighted by Gasteiger charge is 2.13. The van der Waals surface area contributed by atoms with Gasteiger partial charge in [0.1, 0.15) is 0 Å². The van der Waals surface area contributed by atoms with Gasteiger partial charge in [-0.2, -0.15) is 0 Å². The van der Waals surface area contributed by atoms with Gasteiger partial charge >= 0.3 is 5.97 Å². The standard InChI is InChI=1S/C11H21O2/c1-3-5-6-7-8-9-10(4-2)11(12)13/h10H,1,3-9H2,2H3,(H,12,13). The lowest BCUT2D eigenvalue weighted by atomic mass is 9.98. The summed E-state index contributed by atoms with van der Waals surface area (Å²) in [4.78, 5) is 10.6. The Kier molecular flexibility index (Phi) is 7.76. The average molecular weight is 185 g/mol. The molecule has 0 saturated heterocycles. The van der Waals surface area contributed by atoms with Crippen LogP contribution < -0.4 is 0 Å². The minimum absolute atomic E-state index is 0.125. The molecule has 2 nitrogen and oxygen atoms in total. The van der Waals surface area contributed by atoms with Crippen LogP contribution in [0.2, 0.25) is 0 Å². The average Bonchev–Trinajstić information content (AvgIpc) is 2.10. The summed E-state index contributed by atoms with van der Waals surface area (Å²) < 4.78 is 0. The third-order valence-electron chi connectivity index (χ3n) is 2.39. The molecule has 0 aliphatic heterocycles. The first-order chi connectivity index (χ1) is 6.22. The fourth-order valence-electron chi connectivity index (χ4n) is 1.42. The molecule has 1 unspecified atom stereocenters. The Bertz CT molecular complexity index is 132. The molecule has 0 aromatic carbocycles. The van der Waals surface area contributed by atoms with Crippen LogP contribution in [0.25, 0.3) is 0 Å². The van der Waals surface area contributed by atoms with E-state index < -0.39 is 5.97 Å². The van der Waals surface area contributed by atoms with E-state index in [-0.39, 0.29) is 5.92 Å². The number of hydrogen-bond acceptors (Lipinski definition) is 1. The van der Waals surface area contributed by atoms with Gasteiger partial charge in [0.05, 0.1) is 5.92 Å². The predicted molar refractivity (Wildman–Crippen MR) is 54.5 cm³/mol. The first-order valence-corrected chi connectivity index (χ1v) is 5.24. The number of carboxylic acids is 1. The van der Waals surface area contributed by atoms with Gasteiger partial charge in [0, 0.05) is 0 Å². The summed E-state index contributed by atoms with van der Waals surface area (Å²) in [5.41, 5.74) is 0. The quantitative estimate of drug-likeness (QED) is 0.589. The minimum atomic E-state index is -0.639. The maximum atomic E-state index is 10.6. The molecular weight excluding hydrogens is 164 g/mol. The normalized spacial score (nSPS) is 12.8. The van der Waals surface area contributed by atoms with E-state index >= 15 is 0 Å². The molecule has 0 heterocycles. The molecule has 0 amide bonds. The molecule has 0 saturated carbocycles. The zero-order valence-corrected chi connectivity index (χ0v) is 8.59. The molecule has 0 spiro atoms. The monoisotopic (exact) mass is 185 g/mol. The van der Waals surface area contributed by atoms with Gasteiger partial charge in [-0.25, -0.2) is 0 Å². The lowest BCUT2D eigenvalue weighted by Crippen LogP contribution is -2.12. The van der Waals surface area contributed by atoms with Gasteiger partial charge in [-0.3, -0.25) is 4.79 Å². The highest BCUT2D eigenvalue weighted by molar-refractivity contribution is 5.69. The molecule has 0 aliphatic carbocycles. The van der Waals surface area contributed by atoms with E-state index in [0.717, 1.165) is 32.1 Å². The molecule has 0 rings (SSSR count). The van der Waals surface area contributed by atoms with E-state index in [0.29, 0.717) is 0 Å². The number of aliphatic carboxylic acids is 1. The Morgan fingerprint density at radius 2 is 1.92 bits per heavy atom.